The Morgan fingerprint density at radius 2 is 1.28 bits per heavy atom. The molecule has 2 aromatic rings. The van der Waals surface area contributed by atoms with E-state index in [1.807, 2.05) is 20.8 Å². The van der Waals surface area contributed by atoms with Crippen LogP contribution in [-0.2, 0) is 26.7 Å². The minimum absolute atomic E-state index is 0. The third-order valence-corrected chi connectivity index (χ3v) is 3.89. The van der Waals surface area contributed by atoms with Crippen LogP contribution in [0, 0.1) is 17.6 Å². The van der Waals surface area contributed by atoms with E-state index in [2.05, 4.69) is 6.58 Å². The second-order valence-electron chi connectivity index (χ2n) is 5.50. The molecule has 0 spiro atoms. The molecule has 0 radical (unpaired) electrons. The summed E-state index contributed by atoms with van der Waals surface area (Å²) in [5.41, 5.74) is -0.0319. The number of rotatable bonds is 4. The molecule has 0 aliphatic carbocycles. The molecule has 2 aromatic carbocycles. The van der Waals surface area contributed by atoms with Gasteiger partial charge in [0.15, 0.2) is 0 Å². The van der Waals surface area contributed by atoms with Crippen LogP contribution < -0.4 is 0 Å². The van der Waals surface area contributed by atoms with E-state index in [1.54, 1.807) is 30.3 Å². The molecule has 2 rings (SSSR count). The molecule has 1 atom stereocenters. The summed E-state index contributed by atoms with van der Waals surface area (Å²) >= 11 is 0. The SMILES string of the molecule is C=CC.CCC(C)C(O)(c1ccc(F)cc1)c1ccc(F)cc1.[NH2-].[Pt]. The monoisotopic (exact) mass is 529 g/mol. The van der Waals surface area contributed by atoms with Gasteiger partial charge in [0.1, 0.15) is 17.2 Å². The van der Waals surface area contributed by atoms with E-state index in [9.17, 15) is 13.9 Å². The number of nitrogens with two attached hydrogens (primary N) is 1. The molecular weight excluding hydrogens is 503 g/mol. The van der Waals surface area contributed by atoms with E-state index in [4.69, 9.17) is 0 Å². The van der Waals surface area contributed by atoms with Gasteiger partial charge in [-0.25, -0.2) is 8.78 Å². The summed E-state index contributed by atoms with van der Waals surface area (Å²) in [6.45, 7) is 9.15. The van der Waals surface area contributed by atoms with Crippen LogP contribution >= 0.6 is 0 Å². The fourth-order valence-corrected chi connectivity index (χ4v) is 2.44. The predicted molar refractivity (Wildman–Crippen MR) is 96.4 cm³/mol. The zero-order chi connectivity index (χ0) is 17.5. The fourth-order valence-electron chi connectivity index (χ4n) is 2.44. The molecule has 2 nitrogen and oxygen atoms in total. The third kappa shape index (κ3) is 6.46. The van der Waals surface area contributed by atoms with E-state index >= 15 is 0 Å². The van der Waals surface area contributed by atoms with Gasteiger partial charge in [-0.3, -0.25) is 0 Å². The first-order valence-corrected chi connectivity index (χ1v) is 7.71. The Labute approximate surface area is 163 Å². The first-order valence-electron chi connectivity index (χ1n) is 7.71. The van der Waals surface area contributed by atoms with Gasteiger partial charge in [0.05, 0.1) is 0 Å². The Hall–Kier alpha value is -1.35. The van der Waals surface area contributed by atoms with Crippen LogP contribution in [0.5, 0.6) is 0 Å². The van der Waals surface area contributed by atoms with E-state index < -0.39 is 5.60 Å². The van der Waals surface area contributed by atoms with Gasteiger partial charge in [0.25, 0.3) is 0 Å². The van der Waals surface area contributed by atoms with Crippen molar-refractivity contribution in [3.63, 3.8) is 0 Å². The standard InChI is InChI=1S/C17H18F2O.C3H6.H2N.Pt/c1-3-12(2)17(20,13-4-8-15(18)9-5-13)14-6-10-16(19)11-7-14;1-3-2;;/h4-12,20H,3H2,1-2H3;3H,1H2,2H3;1H2;/q;;-1;. The van der Waals surface area contributed by atoms with Crippen molar-refractivity contribution in [1.82, 2.24) is 0 Å². The molecule has 5 heteroatoms. The fraction of sp³-hybridized carbons (Fsp3) is 0.300. The molecule has 0 aliphatic rings. The van der Waals surface area contributed by atoms with Crippen molar-refractivity contribution in [1.29, 1.82) is 0 Å². The van der Waals surface area contributed by atoms with Gasteiger partial charge in [0.2, 0.25) is 0 Å². The number of hydrogen-bond acceptors (Lipinski definition) is 1. The zero-order valence-corrected chi connectivity index (χ0v) is 17.1. The van der Waals surface area contributed by atoms with E-state index in [-0.39, 0.29) is 44.8 Å². The van der Waals surface area contributed by atoms with Crippen molar-refractivity contribution in [2.75, 3.05) is 0 Å². The van der Waals surface area contributed by atoms with Crippen molar-refractivity contribution >= 4 is 0 Å². The molecule has 1 unspecified atom stereocenters. The Bertz CT molecular complexity index is 569. The number of benzene rings is 2. The molecule has 3 N–H and O–H groups in total. The largest absolute Gasteiger partial charge is 0.693 e. The summed E-state index contributed by atoms with van der Waals surface area (Å²) in [4.78, 5) is 0. The molecule has 0 heterocycles. The molecule has 142 valence electrons. The number of aliphatic hydroxyl groups is 1. The maximum absolute atomic E-state index is 13.1. The summed E-state index contributed by atoms with van der Waals surface area (Å²) in [6, 6.07) is 11.6. The molecule has 0 saturated heterocycles. The topological polar surface area (TPSA) is 53.7 Å². The molecule has 0 saturated carbocycles. The van der Waals surface area contributed by atoms with Crippen molar-refractivity contribution in [2.45, 2.75) is 32.8 Å². The Kier molecular flexibility index (Phi) is 12.5. The minimum atomic E-state index is -1.25. The van der Waals surface area contributed by atoms with Crippen LogP contribution in [-0.4, -0.2) is 5.11 Å². The van der Waals surface area contributed by atoms with Gasteiger partial charge < -0.3 is 11.3 Å². The van der Waals surface area contributed by atoms with Crippen LogP contribution in [0.4, 0.5) is 8.78 Å². The van der Waals surface area contributed by atoms with Crippen LogP contribution in [0.3, 0.4) is 0 Å². The van der Waals surface area contributed by atoms with Crippen LogP contribution in [0.15, 0.2) is 61.2 Å². The summed E-state index contributed by atoms with van der Waals surface area (Å²) in [6.07, 6.45) is 2.49. The molecule has 0 bridgehead atoms. The summed E-state index contributed by atoms with van der Waals surface area (Å²) in [7, 11) is 0. The Morgan fingerprint density at radius 3 is 1.52 bits per heavy atom. The minimum Gasteiger partial charge on any atom is -0.693 e. The Morgan fingerprint density at radius 1 is 1.00 bits per heavy atom. The maximum atomic E-state index is 13.1. The molecule has 25 heavy (non-hydrogen) atoms. The first kappa shape index (κ1) is 25.9. The molecular formula is C20H26F2NOPt-. The average Bonchev–Trinajstić information content (AvgIpc) is 2.55. The van der Waals surface area contributed by atoms with Gasteiger partial charge in [0, 0.05) is 21.1 Å². The molecule has 0 aliphatic heterocycles. The van der Waals surface area contributed by atoms with Crippen LogP contribution in [0.25, 0.3) is 6.15 Å². The van der Waals surface area contributed by atoms with Gasteiger partial charge in [-0.1, -0.05) is 50.6 Å². The molecule has 0 amide bonds. The number of allylic oxidation sites excluding steroid dienone is 1. The normalized spacial score (nSPS) is 11.1. The Balaban J connectivity index is 0. The quantitative estimate of drug-likeness (QED) is 0.475. The van der Waals surface area contributed by atoms with E-state index in [1.165, 1.54) is 24.3 Å². The van der Waals surface area contributed by atoms with Crippen LogP contribution in [0.2, 0.25) is 0 Å². The summed E-state index contributed by atoms with van der Waals surface area (Å²) in [5, 5.41) is 11.2. The van der Waals surface area contributed by atoms with Crippen molar-refractivity contribution in [2.24, 2.45) is 5.92 Å². The summed E-state index contributed by atoms with van der Waals surface area (Å²) in [5.74, 6) is -0.780. The van der Waals surface area contributed by atoms with Crippen LogP contribution in [0.1, 0.15) is 38.3 Å². The molecule has 0 fully saturated rings. The van der Waals surface area contributed by atoms with Crippen molar-refractivity contribution in [3.8, 4) is 0 Å². The first-order chi connectivity index (χ1) is 10.9. The van der Waals surface area contributed by atoms with Gasteiger partial charge in [-0.05, 0) is 48.2 Å². The third-order valence-electron chi connectivity index (χ3n) is 3.89. The van der Waals surface area contributed by atoms with Gasteiger partial charge in [-0.15, -0.1) is 6.58 Å². The van der Waals surface area contributed by atoms with Crippen molar-refractivity contribution in [3.05, 3.63) is 90.1 Å². The van der Waals surface area contributed by atoms with Crippen molar-refractivity contribution < 1.29 is 35.0 Å². The average molecular weight is 530 g/mol. The van der Waals surface area contributed by atoms with Gasteiger partial charge >= 0.3 is 0 Å². The van der Waals surface area contributed by atoms with E-state index in [0.717, 1.165) is 6.42 Å². The predicted octanol–water partition coefficient (Wildman–Crippen LogP) is 6.15. The maximum Gasteiger partial charge on any atom is 0.123 e. The molecule has 0 aromatic heterocycles. The second kappa shape index (κ2) is 12.1. The summed E-state index contributed by atoms with van der Waals surface area (Å²) < 4.78 is 26.2. The number of halogens is 2. The van der Waals surface area contributed by atoms with Gasteiger partial charge in [-0.2, -0.15) is 0 Å². The second-order valence-corrected chi connectivity index (χ2v) is 5.50. The number of hydrogen-bond donors (Lipinski definition) is 1. The van der Waals surface area contributed by atoms with E-state index in [0.29, 0.717) is 11.1 Å². The smallest absolute Gasteiger partial charge is 0.123 e. The zero-order valence-electron chi connectivity index (χ0n) is 14.8.